The SMILES string of the molecule is C=CC(=O)NC(CC(=O)N[C@@H](Cc1ccccc1)C(=O)N[C@@H](CC(C)C)C(=O)NCc1cccc(Br)c1)c1ccccc1. The first-order valence-corrected chi connectivity index (χ1v) is 15.1. The quantitative estimate of drug-likeness (QED) is 0.178. The van der Waals surface area contributed by atoms with Crippen molar-refractivity contribution in [2.24, 2.45) is 5.92 Å². The van der Waals surface area contributed by atoms with Gasteiger partial charge in [0.15, 0.2) is 0 Å². The second-order valence-electron chi connectivity index (χ2n) is 10.7. The van der Waals surface area contributed by atoms with E-state index in [1.165, 1.54) is 0 Å². The van der Waals surface area contributed by atoms with E-state index in [4.69, 9.17) is 0 Å². The zero-order valence-electron chi connectivity index (χ0n) is 24.5. The fraction of sp³-hybridized carbons (Fsp3) is 0.294. The van der Waals surface area contributed by atoms with Gasteiger partial charge >= 0.3 is 0 Å². The van der Waals surface area contributed by atoms with Crippen LogP contribution < -0.4 is 21.3 Å². The van der Waals surface area contributed by atoms with Crippen LogP contribution in [0, 0.1) is 5.92 Å². The topological polar surface area (TPSA) is 116 Å². The molecule has 0 spiro atoms. The van der Waals surface area contributed by atoms with E-state index >= 15 is 0 Å². The van der Waals surface area contributed by atoms with Gasteiger partial charge in [0, 0.05) is 17.4 Å². The van der Waals surface area contributed by atoms with Gasteiger partial charge < -0.3 is 21.3 Å². The van der Waals surface area contributed by atoms with Crippen LogP contribution in [-0.4, -0.2) is 35.7 Å². The molecule has 0 fully saturated rings. The summed E-state index contributed by atoms with van der Waals surface area (Å²) in [4.78, 5) is 52.4. The van der Waals surface area contributed by atoms with Gasteiger partial charge in [-0.15, -0.1) is 0 Å². The Morgan fingerprint density at radius 3 is 2.07 bits per heavy atom. The standard InChI is InChI=1S/C34H39BrN4O4/c1-4-31(40)37-28(26-15-9-6-10-16-26)21-32(41)38-30(20-24-12-7-5-8-13-24)34(43)39-29(18-23(2)3)33(42)36-22-25-14-11-17-27(35)19-25/h4-17,19,23,28-30H,1,18,20-22H2,2-3H3,(H,36,42)(H,37,40)(H,38,41)(H,39,43)/t28?,29-,30-/m0/s1. The predicted molar refractivity (Wildman–Crippen MR) is 172 cm³/mol. The predicted octanol–water partition coefficient (Wildman–Crippen LogP) is 4.76. The molecule has 0 heterocycles. The van der Waals surface area contributed by atoms with Crippen molar-refractivity contribution in [2.75, 3.05) is 0 Å². The molecule has 9 heteroatoms. The van der Waals surface area contributed by atoms with Crippen LogP contribution in [-0.2, 0) is 32.1 Å². The number of carbonyl (C=O) groups excluding carboxylic acids is 4. The maximum Gasteiger partial charge on any atom is 0.243 e. The third kappa shape index (κ3) is 11.5. The van der Waals surface area contributed by atoms with Crippen molar-refractivity contribution < 1.29 is 19.2 Å². The maximum atomic E-state index is 13.7. The largest absolute Gasteiger partial charge is 0.350 e. The molecule has 4 amide bonds. The van der Waals surface area contributed by atoms with Gasteiger partial charge in [-0.3, -0.25) is 19.2 Å². The molecular weight excluding hydrogens is 608 g/mol. The van der Waals surface area contributed by atoms with Crippen LogP contribution in [0.5, 0.6) is 0 Å². The van der Waals surface area contributed by atoms with Crippen molar-refractivity contribution in [2.45, 2.75) is 57.8 Å². The molecule has 0 bridgehead atoms. The fourth-order valence-electron chi connectivity index (χ4n) is 4.60. The average molecular weight is 648 g/mol. The fourth-order valence-corrected chi connectivity index (χ4v) is 5.05. The minimum absolute atomic E-state index is 0.0926. The second kappa shape index (κ2) is 17.0. The van der Waals surface area contributed by atoms with Gasteiger partial charge in [-0.2, -0.15) is 0 Å². The number of rotatable bonds is 15. The van der Waals surface area contributed by atoms with Gasteiger partial charge in [0.05, 0.1) is 12.5 Å². The Balaban J connectivity index is 1.76. The number of halogens is 1. The van der Waals surface area contributed by atoms with E-state index < -0.39 is 35.8 Å². The number of nitrogens with one attached hydrogen (secondary N) is 4. The molecule has 3 atom stereocenters. The van der Waals surface area contributed by atoms with E-state index in [2.05, 4.69) is 43.8 Å². The van der Waals surface area contributed by atoms with Crippen LogP contribution in [0.1, 0.15) is 49.4 Å². The van der Waals surface area contributed by atoms with E-state index in [-0.39, 0.29) is 24.7 Å². The summed E-state index contributed by atoms with van der Waals surface area (Å²) >= 11 is 3.44. The summed E-state index contributed by atoms with van der Waals surface area (Å²) < 4.78 is 0.907. The lowest BCUT2D eigenvalue weighted by atomic mass is 10.00. The van der Waals surface area contributed by atoms with E-state index in [0.717, 1.165) is 27.2 Å². The lowest BCUT2D eigenvalue weighted by Crippen LogP contribution is -2.54. The van der Waals surface area contributed by atoms with E-state index in [1.54, 1.807) is 0 Å². The van der Waals surface area contributed by atoms with Crippen LogP contribution in [0.25, 0.3) is 0 Å². The van der Waals surface area contributed by atoms with Crippen molar-refractivity contribution in [3.63, 3.8) is 0 Å². The van der Waals surface area contributed by atoms with Crippen molar-refractivity contribution in [3.8, 4) is 0 Å². The first-order valence-electron chi connectivity index (χ1n) is 14.3. The molecule has 0 aliphatic heterocycles. The normalized spacial score (nSPS) is 12.8. The molecule has 3 aromatic carbocycles. The average Bonchev–Trinajstić information content (AvgIpc) is 2.99. The molecule has 0 aliphatic rings. The monoisotopic (exact) mass is 646 g/mol. The third-order valence-electron chi connectivity index (χ3n) is 6.72. The molecule has 0 saturated carbocycles. The first kappa shape index (κ1) is 33.3. The zero-order valence-corrected chi connectivity index (χ0v) is 26.1. The molecule has 226 valence electrons. The molecule has 0 saturated heterocycles. The van der Waals surface area contributed by atoms with Gasteiger partial charge in [0.2, 0.25) is 23.6 Å². The molecular formula is C34H39BrN4O4. The van der Waals surface area contributed by atoms with Gasteiger partial charge in [-0.25, -0.2) is 0 Å². The highest BCUT2D eigenvalue weighted by molar-refractivity contribution is 9.10. The van der Waals surface area contributed by atoms with E-state index in [9.17, 15) is 19.2 Å². The Kier molecular flexibility index (Phi) is 13.2. The lowest BCUT2D eigenvalue weighted by Gasteiger charge is -2.25. The summed E-state index contributed by atoms with van der Waals surface area (Å²) in [7, 11) is 0. The van der Waals surface area contributed by atoms with Gasteiger partial charge in [0.1, 0.15) is 12.1 Å². The number of benzene rings is 3. The van der Waals surface area contributed by atoms with E-state index in [1.807, 2.05) is 98.8 Å². The summed E-state index contributed by atoms with van der Waals surface area (Å²) in [6.45, 7) is 7.77. The first-order chi connectivity index (χ1) is 20.6. The number of hydrogen-bond donors (Lipinski definition) is 4. The summed E-state index contributed by atoms with van der Waals surface area (Å²) in [6, 6.07) is 23.7. The van der Waals surface area contributed by atoms with Crippen LogP contribution >= 0.6 is 15.9 Å². The van der Waals surface area contributed by atoms with Gasteiger partial charge in [-0.1, -0.05) is 109 Å². The lowest BCUT2D eigenvalue weighted by molar-refractivity contribution is -0.132. The Labute approximate surface area is 261 Å². The molecule has 3 rings (SSSR count). The Morgan fingerprint density at radius 2 is 1.44 bits per heavy atom. The number of hydrogen-bond acceptors (Lipinski definition) is 4. The Bertz CT molecular complexity index is 1380. The minimum Gasteiger partial charge on any atom is -0.350 e. The highest BCUT2D eigenvalue weighted by Gasteiger charge is 2.28. The smallest absolute Gasteiger partial charge is 0.243 e. The van der Waals surface area contributed by atoms with Crippen LogP contribution in [0.4, 0.5) is 0 Å². The van der Waals surface area contributed by atoms with Crippen LogP contribution in [0.2, 0.25) is 0 Å². The number of carbonyl (C=O) groups is 4. The summed E-state index contributed by atoms with van der Waals surface area (Å²) in [5.41, 5.74) is 2.51. The Morgan fingerprint density at radius 1 is 0.791 bits per heavy atom. The molecule has 1 unspecified atom stereocenters. The molecule has 0 aliphatic carbocycles. The minimum atomic E-state index is -0.950. The second-order valence-corrected chi connectivity index (χ2v) is 11.6. The van der Waals surface area contributed by atoms with Crippen molar-refractivity contribution >= 4 is 39.6 Å². The molecule has 3 aromatic rings. The zero-order chi connectivity index (χ0) is 31.2. The summed E-state index contributed by atoms with van der Waals surface area (Å²) in [5.74, 6) is -1.47. The van der Waals surface area contributed by atoms with Gasteiger partial charge in [0.25, 0.3) is 0 Å². The molecule has 0 aromatic heterocycles. The Hall–Kier alpha value is -4.24. The van der Waals surface area contributed by atoms with E-state index in [0.29, 0.717) is 13.0 Å². The summed E-state index contributed by atoms with van der Waals surface area (Å²) in [5, 5.41) is 11.5. The molecule has 43 heavy (non-hydrogen) atoms. The van der Waals surface area contributed by atoms with Crippen LogP contribution in [0.15, 0.2) is 102 Å². The molecule has 8 nitrogen and oxygen atoms in total. The highest BCUT2D eigenvalue weighted by atomic mass is 79.9. The van der Waals surface area contributed by atoms with Crippen LogP contribution in [0.3, 0.4) is 0 Å². The maximum absolute atomic E-state index is 13.7. The highest BCUT2D eigenvalue weighted by Crippen LogP contribution is 2.17. The summed E-state index contributed by atoms with van der Waals surface area (Å²) in [6.07, 6.45) is 1.70. The molecule has 4 N–H and O–H groups in total. The third-order valence-corrected chi connectivity index (χ3v) is 7.22. The van der Waals surface area contributed by atoms with Crippen molar-refractivity contribution in [1.29, 1.82) is 0 Å². The van der Waals surface area contributed by atoms with Crippen molar-refractivity contribution in [1.82, 2.24) is 21.3 Å². The van der Waals surface area contributed by atoms with Gasteiger partial charge in [-0.05, 0) is 47.2 Å². The number of amides is 4. The molecule has 0 radical (unpaired) electrons. The van der Waals surface area contributed by atoms with Crippen molar-refractivity contribution in [3.05, 3.63) is 119 Å².